The fourth-order valence-electron chi connectivity index (χ4n) is 2.72. The predicted octanol–water partition coefficient (Wildman–Crippen LogP) is 2.96. The van der Waals surface area contributed by atoms with E-state index in [1.165, 1.54) is 12.1 Å². The van der Waals surface area contributed by atoms with Gasteiger partial charge in [0.1, 0.15) is 17.5 Å². The molecule has 0 unspecified atom stereocenters. The summed E-state index contributed by atoms with van der Waals surface area (Å²) in [6.07, 6.45) is 3.34. The molecule has 1 amide bonds. The zero-order valence-electron chi connectivity index (χ0n) is 13.9. The molecule has 0 saturated carbocycles. The molecule has 26 heavy (non-hydrogen) atoms. The van der Waals surface area contributed by atoms with E-state index in [4.69, 9.17) is 5.73 Å². The summed E-state index contributed by atoms with van der Waals surface area (Å²) in [5, 5.41) is 6.84. The van der Waals surface area contributed by atoms with Crippen LogP contribution in [0.5, 0.6) is 0 Å². The second kappa shape index (κ2) is 7.86. The Kier molecular flexibility index (Phi) is 5.36. The van der Waals surface area contributed by atoms with Crippen molar-refractivity contribution in [1.29, 1.82) is 0 Å². The molecule has 0 bridgehead atoms. The van der Waals surface area contributed by atoms with Crippen molar-refractivity contribution in [2.75, 3.05) is 0 Å². The summed E-state index contributed by atoms with van der Waals surface area (Å²) in [4.78, 5) is 15.7. The number of carbonyl (C=O) groups is 1. The van der Waals surface area contributed by atoms with Crippen LogP contribution >= 0.6 is 0 Å². The summed E-state index contributed by atoms with van der Waals surface area (Å²) in [6, 6.07) is 10.5. The van der Waals surface area contributed by atoms with Gasteiger partial charge in [0.25, 0.3) is 0 Å². The van der Waals surface area contributed by atoms with Gasteiger partial charge >= 0.3 is 0 Å². The van der Waals surface area contributed by atoms with Gasteiger partial charge in [0.2, 0.25) is 5.91 Å². The van der Waals surface area contributed by atoms with Crippen LogP contribution in [0.4, 0.5) is 8.78 Å². The molecule has 0 spiro atoms. The maximum absolute atomic E-state index is 13.2. The van der Waals surface area contributed by atoms with E-state index < -0.39 is 17.5 Å². The third kappa shape index (κ3) is 4.50. The molecular weight excluding hydrogens is 338 g/mol. The molecule has 5 nitrogen and oxygen atoms in total. The minimum Gasteiger partial charge on any atom is -0.366 e. The first kappa shape index (κ1) is 17.7. The number of hydrogen-bond acceptors (Lipinski definition) is 3. The fourth-order valence-corrected chi connectivity index (χ4v) is 2.72. The Morgan fingerprint density at radius 3 is 2.62 bits per heavy atom. The maximum atomic E-state index is 13.2. The quantitative estimate of drug-likeness (QED) is 0.683. The number of aromatic nitrogens is 3. The number of benzene rings is 2. The number of nitrogens with zero attached hydrogens (tertiary/aromatic N) is 2. The predicted molar refractivity (Wildman–Crippen MR) is 92.2 cm³/mol. The number of halogens is 2. The molecule has 0 fully saturated rings. The standard InChI is InChI=1S/C19H17F2N4O/c20-14-8-12(9-15(21)11-14)10-18-23-17(24-25-18)7-3-5-13-4-1-2-6-16(13)19(22)26/h1-2,4,6-9,11H,3,5,10H2,(H2,22,26)(H,23,24,25). The average Bonchev–Trinajstić information content (AvgIpc) is 3.01. The first-order valence-electron chi connectivity index (χ1n) is 8.08. The molecule has 3 rings (SSSR count). The van der Waals surface area contributed by atoms with Crippen molar-refractivity contribution in [3.8, 4) is 0 Å². The van der Waals surface area contributed by atoms with Crippen LogP contribution in [0.3, 0.4) is 0 Å². The van der Waals surface area contributed by atoms with E-state index in [-0.39, 0.29) is 6.42 Å². The Bertz CT molecular complexity index is 903. The number of aryl methyl sites for hydroxylation is 1. The van der Waals surface area contributed by atoms with E-state index in [0.29, 0.717) is 35.6 Å². The lowest BCUT2D eigenvalue weighted by Gasteiger charge is -2.05. The number of amides is 1. The molecule has 1 radical (unpaired) electrons. The highest BCUT2D eigenvalue weighted by molar-refractivity contribution is 5.94. The highest BCUT2D eigenvalue weighted by Gasteiger charge is 2.09. The largest absolute Gasteiger partial charge is 0.366 e. The van der Waals surface area contributed by atoms with Gasteiger partial charge in [0, 0.05) is 24.5 Å². The van der Waals surface area contributed by atoms with E-state index in [0.717, 1.165) is 11.6 Å². The molecule has 0 aliphatic heterocycles. The first-order chi connectivity index (χ1) is 12.5. The fraction of sp³-hybridized carbons (Fsp3) is 0.158. The second-order valence-corrected chi connectivity index (χ2v) is 5.86. The van der Waals surface area contributed by atoms with Crippen molar-refractivity contribution in [1.82, 2.24) is 15.2 Å². The molecular formula is C19H17F2N4O. The van der Waals surface area contributed by atoms with E-state index >= 15 is 0 Å². The van der Waals surface area contributed by atoms with Gasteiger partial charge in [-0.05, 0) is 42.2 Å². The molecule has 0 saturated heterocycles. The van der Waals surface area contributed by atoms with Crippen LogP contribution in [0.25, 0.3) is 0 Å². The highest BCUT2D eigenvalue weighted by atomic mass is 19.1. The number of hydrogen-bond donors (Lipinski definition) is 2. The number of H-pyrrole nitrogens is 1. The van der Waals surface area contributed by atoms with Crippen molar-refractivity contribution < 1.29 is 13.6 Å². The normalized spacial score (nSPS) is 10.8. The monoisotopic (exact) mass is 355 g/mol. The minimum atomic E-state index is -0.629. The second-order valence-electron chi connectivity index (χ2n) is 5.86. The van der Waals surface area contributed by atoms with Crippen LogP contribution < -0.4 is 5.73 Å². The van der Waals surface area contributed by atoms with Crippen LogP contribution in [-0.2, 0) is 12.8 Å². The van der Waals surface area contributed by atoms with Crippen LogP contribution in [0.2, 0.25) is 0 Å². The third-order valence-corrected chi connectivity index (χ3v) is 3.87. The van der Waals surface area contributed by atoms with Crippen molar-refractivity contribution in [2.24, 2.45) is 5.73 Å². The lowest BCUT2D eigenvalue weighted by molar-refractivity contribution is 0.0999. The molecule has 2 aromatic carbocycles. The molecule has 7 heteroatoms. The van der Waals surface area contributed by atoms with Crippen LogP contribution in [0.15, 0.2) is 42.5 Å². The Morgan fingerprint density at radius 1 is 1.15 bits per heavy atom. The Balaban J connectivity index is 1.58. The summed E-state index contributed by atoms with van der Waals surface area (Å²) in [7, 11) is 0. The molecule has 1 heterocycles. The van der Waals surface area contributed by atoms with Crippen LogP contribution in [0.1, 0.15) is 39.6 Å². The first-order valence-corrected chi connectivity index (χ1v) is 8.08. The lowest BCUT2D eigenvalue weighted by Crippen LogP contribution is -2.13. The summed E-state index contributed by atoms with van der Waals surface area (Å²) < 4.78 is 26.5. The number of nitrogens with two attached hydrogens (primary N) is 1. The van der Waals surface area contributed by atoms with Crippen molar-refractivity contribution in [3.05, 3.63) is 88.9 Å². The number of carbonyl (C=O) groups excluding carboxylic acids is 1. The van der Waals surface area contributed by atoms with Gasteiger partial charge < -0.3 is 5.73 Å². The van der Waals surface area contributed by atoms with E-state index in [1.54, 1.807) is 12.1 Å². The zero-order valence-corrected chi connectivity index (χ0v) is 13.9. The third-order valence-electron chi connectivity index (χ3n) is 3.87. The summed E-state index contributed by atoms with van der Waals surface area (Å²) in [5.41, 5.74) is 7.20. The molecule has 0 aliphatic rings. The van der Waals surface area contributed by atoms with Crippen molar-refractivity contribution >= 4 is 5.91 Å². The van der Waals surface area contributed by atoms with Crippen LogP contribution in [0, 0.1) is 18.1 Å². The molecule has 1 aromatic heterocycles. The topological polar surface area (TPSA) is 84.7 Å². The lowest BCUT2D eigenvalue weighted by atomic mass is 10.0. The zero-order chi connectivity index (χ0) is 18.5. The van der Waals surface area contributed by atoms with Gasteiger partial charge in [0.15, 0.2) is 5.82 Å². The highest BCUT2D eigenvalue weighted by Crippen LogP contribution is 2.14. The van der Waals surface area contributed by atoms with Gasteiger partial charge in [-0.2, -0.15) is 5.10 Å². The minimum absolute atomic E-state index is 0.226. The SMILES string of the molecule is NC(=O)c1ccccc1CC[CH]c1nc(Cc2cc(F)cc(F)c2)n[nH]1. The Morgan fingerprint density at radius 2 is 1.88 bits per heavy atom. The van der Waals surface area contributed by atoms with Crippen LogP contribution in [-0.4, -0.2) is 21.1 Å². The van der Waals surface area contributed by atoms with Gasteiger partial charge in [-0.1, -0.05) is 18.2 Å². The maximum Gasteiger partial charge on any atom is 0.248 e. The number of nitrogens with one attached hydrogen (secondary N) is 1. The van der Waals surface area contributed by atoms with E-state index in [2.05, 4.69) is 15.2 Å². The van der Waals surface area contributed by atoms with Gasteiger partial charge in [-0.15, -0.1) is 0 Å². The molecule has 3 N–H and O–H groups in total. The number of aromatic amines is 1. The Hall–Kier alpha value is -3.09. The summed E-state index contributed by atoms with van der Waals surface area (Å²) in [5.74, 6) is -0.706. The Labute approximate surface area is 149 Å². The number of rotatable bonds is 7. The molecule has 0 atom stereocenters. The van der Waals surface area contributed by atoms with Gasteiger partial charge in [-0.3, -0.25) is 9.89 Å². The summed E-state index contributed by atoms with van der Waals surface area (Å²) in [6.45, 7) is 0. The van der Waals surface area contributed by atoms with Gasteiger partial charge in [-0.25, -0.2) is 13.8 Å². The molecule has 133 valence electrons. The van der Waals surface area contributed by atoms with Crippen molar-refractivity contribution in [3.63, 3.8) is 0 Å². The van der Waals surface area contributed by atoms with Crippen molar-refractivity contribution in [2.45, 2.75) is 19.3 Å². The summed E-state index contributed by atoms with van der Waals surface area (Å²) >= 11 is 0. The smallest absolute Gasteiger partial charge is 0.248 e. The average molecular weight is 355 g/mol. The number of primary amides is 1. The van der Waals surface area contributed by atoms with E-state index in [9.17, 15) is 13.6 Å². The molecule has 3 aromatic rings. The molecule has 0 aliphatic carbocycles. The van der Waals surface area contributed by atoms with E-state index in [1.807, 2.05) is 18.6 Å². The van der Waals surface area contributed by atoms with Gasteiger partial charge in [0.05, 0.1) is 0 Å².